The molecule has 0 amide bonds. The molecule has 0 saturated heterocycles. The first-order valence-corrected chi connectivity index (χ1v) is 11.9. The van der Waals surface area contributed by atoms with Gasteiger partial charge in [0.2, 0.25) is 0 Å². The zero-order chi connectivity index (χ0) is 23.1. The Morgan fingerprint density at radius 2 is 1.81 bits per heavy atom. The summed E-state index contributed by atoms with van der Waals surface area (Å²) < 4.78 is 30.8. The number of carbonyl (C=O) groups is 1. The van der Waals surface area contributed by atoms with Crippen molar-refractivity contribution in [3.05, 3.63) is 77.3 Å². The Labute approximate surface area is 192 Å². The molecule has 0 radical (unpaired) electrons. The van der Waals surface area contributed by atoms with Crippen LogP contribution < -0.4 is 14.8 Å². The van der Waals surface area contributed by atoms with Crippen molar-refractivity contribution in [3.63, 3.8) is 0 Å². The summed E-state index contributed by atoms with van der Waals surface area (Å²) in [7, 11) is -3.71. The predicted octanol–water partition coefficient (Wildman–Crippen LogP) is 6.48. The van der Waals surface area contributed by atoms with Crippen LogP contribution in [0.1, 0.15) is 30.1 Å². The van der Waals surface area contributed by atoms with Gasteiger partial charge in [0.05, 0.1) is 11.3 Å². The molecule has 1 atom stereocenters. The number of nitrogens with one attached hydrogen (secondary N) is 3. The molecule has 0 heterocycles. The Kier molecular flexibility index (Phi) is 7.61. The van der Waals surface area contributed by atoms with E-state index >= 15 is 0 Å². The molecule has 0 spiro atoms. The van der Waals surface area contributed by atoms with Gasteiger partial charge >= 0.3 is 5.97 Å². The van der Waals surface area contributed by atoms with Crippen molar-refractivity contribution < 1.29 is 18.8 Å². The third-order valence-corrected chi connectivity index (χ3v) is 6.22. The zero-order valence-corrected chi connectivity index (χ0v) is 19.0. The molecule has 32 heavy (non-hydrogen) atoms. The fourth-order valence-electron chi connectivity index (χ4n) is 2.92. The van der Waals surface area contributed by atoms with E-state index in [9.17, 15) is 14.1 Å². The van der Waals surface area contributed by atoms with Crippen LogP contribution in [0.4, 0.5) is 11.4 Å². The van der Waals surface area contributed by atoms with E-state index in [4.69, 9.17) is 21.1 Å². The number of benzene rings is 3. The number of anilines is 2. The summed E-state index contributed by atoms with van der Waals surface area (Å²) in [5, 5.41) is 13.3. The molecule has 3 rings (SSSR count). The maximum absolute atomic E-state index is 13.5. The lowest BCUT2D eigenvalue weighted by Gasteiger charge is -2.20. The number of ether oxygens (including phenoxy) is 1. The van der Waals surface area contributed by atoms with Crippen molar-refractivity contribution >= 4 is 38.9 Å². The first-order valence-electron chi connectivity index (χ1n) is 10.0. The van der Waals surface area contributed by atoms with Crippen LogP contribution in [-0.4, -0.2) is 21.8 Å². The molecule has 4 N–H and O–H groups in total. The molecular weight excluding hydrogens is 450 g/mol. The third-order valence-electron chi connectivity index (χ3n) is 4.53. The molecule has 7 nitrogen and oxygen atoms in total. The van der Waals surface area contributed by atoms with Crippen molar-refractivity contribution in [2.24, 2.45) is 0 Å². The first-order chi connectivity index (χ1) is 15.3. The summed E-state index contributed by atoms with van der Waals surface area (Å²) in [5.41, 5.74) is 0.661. The molecule has 168 valence electrons. The number of para-hydroxylation sites is 1. The van der Waals surface area contributed by atoms with Gasteiger partial charge in [-0.15, -0.1) is 0 Å². The normalized spacial score (nSPS) is 12.6. The highest BCUT2D eigenvalue weighted by Crippen LogP contribution is 2.38. The number of rotatable bonds is 10. The maximum Gasteiger partial charge on any atom is 0.335 e. The van der Waals surface area contributed by atoms with E-state index in [1.54, 1.807) is 48.5 Å². The molecule has 0 aromatic heterocycles. The van der Waals surface area contributed by atoms with Gasteiger partial charge in [-0.2, -0.15) is 0 Å². The van der Waals surface area contributed by atoms with Crippen LogP contribution in [0.25, 0.3) is 0 Å². The van der Waals surface area contributed by atoms with Crippen LogP contribution >= 0.6 is 11.6 Å². The molecule has 0 fully saturated rings. The van der Waals surface area contributed by atoms with Crippen LogP contribution in [-0.2, 0) is 9.92 Å². The number of carboxylic acids is 1. The van der Waals surface area contributed by atoms with E-state index in [0.29, 0.717) is 28.7 Å². The second kappa shape index (κ2) is 10.4. The molecular formula is C23H24ClN3O4S. The highest BCUT2D eigenvalue weighted by atomic mass is 35.5. The van der Waals surface area contributed by atoms with Gasteiger partial charge < -0.3 is 15.2 Å². The topological polar surface area (TPSA) is 112 Å². The number of hydrogen-bond acceptors (Lipinski definition) is 5. The lowest BCUT2D eigenvalue weighted by molar-refractivity contribution is 0.0696. The van der Waals surface area contributed by atoms with Gasteiger partial charge in [0.25, 0.3) is 0 Å². The van der Waals surface area contributed by atoms with Crippen molar-refractivity contribution in [1.29, 1.82) is 4.78 Å². The minimum atomic E-state index is -3.71. The molecule has 0 aliphatic heterocycles. The molecule has 0 bridgehead atoms. The van der Waals surface area contributed by atoms with E-state index in [-0.39, 0.29) is 16.2 Å². The Morgan fingerprint density at radius 1 is 1.12 bits per heavy atom. The van der Waals surface area contributed by atoms with E-state index in [2.05, 4.69) is 10.0 Å². The van der Waals surface area contributed by atoms with Crippen molar-refractivity contribution in [1.82, 2.24) is 0 Å². The number of aromatic carboxylic acids is 1. The van der Waals surface area contributed by atoms with Crippen molar-refractivity contribution in [2.45, 2.75) is 24.7 Å². The molecule has 9 heteroatoms. The summed E-state index contributed by atoms with van der Waals surface area (Å²) in [6.45, 7) is 2.60. The maximum atomic E-state index is 13.5. The standard InChI is InChI=1S/C23H24ClN3O4S/c1-2-3-13-26-20-14-16(23(28)29)15-21(22(20)31-19-7-5-4-6-8-19)32(25,30)27-18-11-9-17(24)10-12-18/h4-12,14-15,26H,2-3,13H2,1H3,(H,28,29)(H2,25,27,30). The van der Waals surface area contributed by atoms with Crippen molar-refractivity contribution in [2.75, 3.05) is 16.6 Å². The highest BCUT2D eigenvalue weighted by Gasteiger charge is 2.24. The summed E-state index contributed by atoms with van der Waals surface area (Å²) in [5.74, 6) is -0.589. The average Bonchev–Trinajstić information content (AvgIpc) is 2.76. The Balaban J connectivity index is 2.13. The first kappa shape index (κ1) is 23.4. The fraction of sp³-hybridized carbons (Fsp3) is 0.174. The molecule has 1 unspecified atom stereocenters. The lowest BCUT2D eigenvalue weighted by Crippen LogP contribution is -2.15. The van der Waals surface area contributed by atoms with E-state index in [0.717, 1.165) is 12.8 Å². The van der Waals surface area contributed by atoms with Gasteiger partial charge in [-0.25, -0.2) is 13.8 Å². The quantitative estimate of drug-likeness (QED) is 0.252. The molecule has 3 aromatic carbocycles. The summed E-state index contributed by atoms with van der Waals surface area (Å²) in [4.78, 5) is 11.7. The summed E-state index contributed by atoms with van der Waals surface area (Å²) in [6.07, 6.45) is 1.78. The monoisotopic (exact) mass is 473 g/mol. The van der Waals surface area contributed by atoms with Crippen molar-refractivity contribution in [3.8, 4) is 11.5 Å². The highest BCUT2D eigenvalue weighted by molar-refractivity contribution is 7.93. The number of halogens is 1. The second-order valence-electron chi connectivity index (χ2n) is 7.02. The Hall–Kier alpha value is -3.23. The van der Waals surface area contributed by atoms with Gasteiger partial charge in [-0.05, 0) is 55.0 Å². The minimum absolute atomic E-state index is 0.0739. The number of carboxylic acid groups (broad SMARTS) is 1. The Bertz CT molecular complexity index is 1180. The van der Waals surface area contributed by atoms with E-state index in [1.807, 2.05) is 13.0 Å². The predicted molar refractivity (Wildman–Crippen MR) is 128 cm³/mol. The third kappa shape index (κ3) is 5.93. The Morgan fingerprint density at radius 3 is 2.44 bits per heavy atom. The van der Waals surface area contributed by atoms with E-state index in [1.165, 1.54) is 12.1 Å². The smallest absolute Gasteiger partial charge is 0.335 e. The van der Waals surface area contributed by atoms with Crippen LogP contribution in [0.5, 0.6) is 11.5 Å². The van der Waals surface area contributed by atoms with Gasteiger partial charge in [-0.3, -0.25) is 4.72 Å². The summed E-state index contributed by atoms with van der Waals surface area (Å²) >= 11 is 5.91. The molecule has 0 aliphatic carbocycles. The van der Waals surface area contributed by atoms with Gasteiger partial charge in [0, 0.05) is 17.3 Å². The number of hydrogen-bond donors (Lipinski definition) is 4. The van der Waals surface area contributed by atoms with Gasteiger partial charge in [-0.1, -0.05) is 43.1 Å². The van der Waals surface area contributed by atoms with Crippen LogP contribution in [0, 0.1) is 4.78 Å². The summed E-state index contributed by atoms with van der Waals surface area (Å²) in [6, 6.07) is 17.9. The van der Waals surface area contributed by atoms with Crippen LogP contribution in [0.3, 0.4) is 0 Å². The van der Waals surface area contributed by atoms with Crippen LogP contribution in [0.15, 0.2) is 71.6 Å². The molecule has 0 aliphatic rings. The van der Waals surface area contributed by atoms with E-state index < -0.39 is 15.9 Å². The largest absolute Gasteiger partial charge is 0.478 e. The molecule has 3 aromatic rings. The minimum Gasteiger partial charge on any atom is -0.478 e. The second-order valence-corrected chi connectivity index (χ2v) is 9.21. The lowest BCUT2D eigenvalue weighted by atomic mass is 10.1. The van der Waals surface area contributed by atoms with Gasteiger partial charge in [0.15, 0.2) is 15.7 Å². The van der Waals surface area contributed by atoms with Gasteiger partial charge in [0.1, 0.15) is 10.6 Å². The zero-order valence-electron chi connectivity index (χ0n) is 17.4. The average molecular weight is 474 g/mol. The fourth-order valence-corrected chi connectivity index (χ4v) is 4.33. The van der Waals surface area contributed by atoms with Crippen LogP contribution in [0.2, 0.25) is 5.02 Å². The molecule has 0 saturated carbocycles. The SMILES string of the molecule is CCCCNc1cc(C(=O)O)cc(S(=N)(=O)Nc2ccc(Cl)cc2)c1Oc1ccccc1. The number of unbranched alkanes of at least 4 members (excludes halogenated alkanes) is 1.